The van der Waals surface area contributed by atoms with Gasteiger partial charge in [-0.15, -0.1) is 0 Å². The highest BCUT2D eigenvalue weighted by Crippen LogP contribution is 2.07. The van der Waals surface area contributed by atoms with Crippen LogP contribution in [0.5, 0.6) is 0 Å². The summed E-state index contributed by atoms with van der Waals surface area (Å²) in [5, 5.41) is 18.3. The topological polar surface area (TPSA) is 57.5 Å². The number of allylic oxidation sites excluding steroid dienone is 8. The summed E-state index contributed by atoms with van der Waals surface area (Å²) < 4.78 is 0. The van der Waals surface area contributed by atoms with E-state index in [2.05, 4.69) is 6.92 Å². The van der Waals surface area contributed by atoms with Crippen molar-refractivity contribution in [2.45, 2.75) is 53.1 Å². The molecule has 3 nitrogen and oxygen atoms in total. The van der Waals surface area contributed by atoms with E-state index in [9.17, 15) is 9.90 Å². The van der Waals surface area contributed by atoms with Gasteiger partial charge in [-0.1, -0.05) is 72.9 Å². The number of rotatable bonds is 9. The quantitative estimate of drug-likeness (QED) is 0.484. The average molecular weight is 304 g/mol. The van der Waals surface area contributed by atoms with E-state index in [1.807, 2.05) is 51.2 Å². The number of aliphatic hydroxyl groups is 1. The molecule has 0 aliphatic rings. The molecule has 0 fully saturated rings. The van der Waals surface area contributed by atoms with E-state index in [4.69, 9.17) is 5.11 Å². The van der Waals surface area contributed by atoms with Crippen LogP contribution in [-0.4, -0.2) is 22.3 Å². The van der Waals surface area contributed by atoms with E-state index >= 15 is 0 Å². The molecule has 0 spiro atoms. The molecule has 3 heteroatoms. The van der Waals surface area contributed by atoms with E-state index in [1.54, 1.807) is 6.08 Å². The predicted molar refractivity (Wildman–Crippen MR) is 92.7 cm³/mol. The Labute approximate surface area is 134 Å². The Morgan fingerprint density at radius 3 is 2.32 bits per heavy atom. The number of hydrogen-bond donors (Lipinski definition) is 2. The Hall–Kier alpha value is -1.87. The second-order valence-corrected chi connectivity index (χ2v) is 5.45. The molecule has 0 saturated heterocycles. The molecule has 0 heterocycles. The number of aliphatic hydroxyl groups excluding tert-OH is 1. The van der Waals surface area contributed by atoms with E-state index in [1.165, 1.54) is 0 Å². The van der Waals surface area contributed by atoms with Crippen molar-refractivity contribution in [2.75, 3.05) is 0 Å². The van der Waals surface area contributed by atoms with Gasteiger partial charge in [0.05, 0.1) is 6.10 Å². The molecule has 0 aliphatic heterocycles. The third kappa shape index (κ3) is 11.9. The van der Waals surface area contributed by atoms with E-state index < -0.39 is 5.97 Å². The predicted octanol–water partition coefficient (Wildman–Crippen LogP) is 4.57. The Morgan fingerprint density at radius 1 is 1.05 bits per heavy atom. The lowest BCUT2D eigenvalue weighted by atomic mass is 10.1. The number of unbranched alkanes of at least 4 members (excludes halogenated alkanes) is 1. The Balaban J connectivity index is 4.58. The van der Waals surface area contributed by atoms with E-state index in [-0.39, 0.29) is 6.10 Å². The van der Waals surface area contributed by atoms with Crippen molar-refractivity contribution in [3.8, 4) is 0 Å². The largest absolute Gasteiger partial charge is 0.478 e. The average Bonchev–Trinajstić information content (AvgIpc) is 2.42. The zero-order valence-corrected chi connectivity index (χ0v) is 14.0. The fourth-order valence-corrected chi connectivity index (χ4v) is 1.87. The number of carboxylic acids is 1. The van der Waals surface area contributed by atoms with Crippen LogP contribution in [0.4, 0.5) is 0 Å². The normalized spacial score (nSPS) is 15.8. The minimum atomic E-state index is -0.948. The van der Waals surface area contributed by atoms with Gasteiger partial charge in [0.2, 0.25) is 0 Å². The van der Waals surface area contributed by atoms with Gasteiger partial charge in [-0.25, -0.2) is 4.79 Å². The highest BCUT2D eigenvalue weighted by Gasteiger charge is 1.98. The maximum atomic E-state index is 10.4. The number of carbonyl (C=O) groups is 1. The van der Waals surface area contributed by atoms with Gasteiger partial charge in [-0.05, 0) is 27.2 Å². The lowest BCUT2D eigenvalue weighted by Crippen LogP contribution is -2.01. The van der Waals surface area contributed by atoms with Crippen molar-refractivity contribution in [2.24, 2.45) is 0 Å². The van der Waals surface area contributed by atoms with Crippen LogP contribution in [0, 0.1) is 0 Å². The molecule has 0 rings (SSSR count). The molecule has 122 valence electrons. The molecule has 0 bridgehead atoms. The lowest BCUT2D eigenvalue weighted by Gasteiger charge is -2.04. The molecule has 0 radical (unpaired) electrons. The first-order chi connectivity index (χ1) is 10.3. The molecular formula is C19H28O3. The van der Waals surface area contributed by atoms with Gasteiger partial charge in [0.15, 0.2) is 0 Å². The first-order valence-corrected chi connectivity index (χ1v) is 7.66. The van der Waals surface area contributed by atoms with Crippen LogP contribution in [0.2, 0.25) is 0 Å². The molecular weight excluding hydrogens is 276 g/mol. The Kier molecular flexibility index (Phi) is 10.8. The molecule has 0 unspecified atom stereocenters. The molecule has 0 amide bonds. The van der Waals surface area contributed by atoms with E-state index in [0.29, 0.717) is 0 Å². The van der Waals surface area contributed by atoms with Crippen LogP contribution in [0.25, 0.3) is 0 Å². The fraction of sp³-hybridized carbons (Fsp3) is 0.421. The highest BCUT2D eigenvalue weighted by atomic mass is 16.4. The summed E-state index contributed by atoms with van der Waals surface area (Å²) >= 11 is 0. The van der Waals surface area contributed by atoms with Gasteiger partial charge in [-0.2, -0.15) is 0 Å². The van der Waals surface area contributed by atoms with Gasteiger partial charge in [-0.3, -0.25) is 0 Å². The van der Waals surface area contributed by atoms with Gasteiger partial charge in [0, 0.05) is 6.08 Å². The lowest BCUT2D eigenvalue weighted by molar-refractivity contribution is -0.131. The molecule has 1 atom stereocenters. The first kappa shape index (κ1) is 20.1. The van der Waals surface area contributed by atoms with Crippen molar-refractivity contribution in [1.29, 1.82) is 0 Å². The van der Waals surface area contributed by atoms with Crippen LogP contribution in [-0.2, 0) is 4.79 Å². The Bertz CT molecular complexity index is 491. The summed E-state index contributed by atoms with van der Waals surface area (Å²) in [6.07, 6.45) is 14.8. The first-order valence-electron chi connectivity index (χ1n) is 7.66. The third-order valence-electron chi connectivity index (χ3n) is 2.97. The van der Waals surface area contributed by atoms with Crippen LogP contribution in [0.3, 0.4) is 0 Å². The molecule has 22 heavy (non-hydrogen) atoms. The summed E-state index contributed by atoms with van der Waals surface area (Å²) in [5.74, 6) is -0.948. The molecule has 0 aromatic heterocycles. The second kappa shape index (κ2) is 11.8. The van der Waals surface area contributed by atoms with Crippen molar-refractivity contribution in [3.63, 3.8) is 0 Å². The van der Waals surface area contributed by atoms with Gasteiger partial charge < -0.3 is 10.2 Å². The van der Waals surface area contributed by atoms with Crippen molar-refractivity contribution in [3.05, 3.63) is 59.3 Å². The zero-order chi connectivity index (χ0) is 17.0. The van der Waals surface area contributed by atoms with Crippen LogP contribution in [0.15, 0.2) is 59.3 Å². The number of aliphatic carboxylic acids is 1. The summed E-state index contributed by atoms with van der Waals surface area (Å²) in [4.78, 5) is 10.4. The van der Waals surface area contributed by atoms with Crippen molar-refractivity contribution < 1.29 is 15.0 Å². The number of hydrogen-bond acceptors (Lipinski definition) is 2. The summed E-state index contributed by atoms with van der Waals surface area (Å²) in [7, 11) is 0. The molecule has 2 N–H and O–H groups in total. The number of carboxylic acid groups (broad SMARTS) is 1. The van der Waals surface area contributed by atoms with Gasteiger partial charge in [0.1, 0.15) is 0 Å². The fourth-order valence-electron chi connectivity index (χ4n) is 1.87. The summed E-state index contributed by atoms with van der Waals surface area (Å²) in [5.41, 5.74) is 2.94. The minimum absolute atomic E-state index is 0.377. The summed E-state index contributed by atoms with van der Waals surface area (Å²) in [6.45, 7) is 7.89. The van der Waals surface area contributed by atoms with Crippen molar-refractivity contribution >= 4 is 5.97 Å². The smallest absolute Gasteiger partial charge is 0.328 e. The van der Waals surface area contributed by atoms with Crippen LogP contribution < -0.4 is 0 Å². The highest BCUT2D eigenvalue weighted by molar-refractivity contribution is 5.80. The summed E-state index contributed by atoms with van der Waals surface area (Å²) in [6, 6.07) is 0. The van der Waals surface area contributed by atoms with Crippen molar-refractivity contribution in [1.82, 2.24) is 0 Å². The second-order valence-electron chi connectivity index (χ2n) is 5.45. The monoisotopic (exact) mass is 304 g/mol. The van der Waals surface area contributed by atoms with E-state index in [0.717, 1.165) is 42.1 Å². The third-order valence-corrected chi connectivity index (χ3v) is 2.97. The molecule has 0 saturated carbocycles. The minimum Gasteiger partial charge on any atom is -0.478 e. The molecule has 0 aromatic rings. The maximum Gasteiger partial charge on any atom is 0.328 e. The van der Waals surface area contributed by atoms with Crippen LogP contribution >= 0.6 is 0 Å². The standard InChI is InChI=1S/C19H28O3/c1-5-6-10-18(20)14-16(3)9-7-8-15(2)13-17(4)11-12-19(21)22/h7-9,11-14,18,20H,5-6,10H2,1-4H3,(H,21,22)/b9-7+,12-11+,15-8+,16-14+,17-13+/t18-/m0/s1. The van der Waals surface area contributed by atoms with Crippen LogP contribution in [0.1, 0.15) is 47.0 Å². The molecule has 0 aliphatic carbocycles. The maximum absolute atomic E-state index is 10.4. The SMILES string of the molecule is CCCC[C@H](O)/C=C(C)/C=C/C=C(C)/C=C(C)/C=C/C(=O)O. The van der Waals surface area contributed by atoms with Gasteiger partial charge >= 0.3 is 5.97 Å². The van der Waals surface area contributed by atoms with Gasteiger partial charge in [0.25, 0.3) is 0 Å². The molecule has 0 aromatic carbocycles. The Morgan fingerprint density at radius 2 is 1.73 bits per heavy atom. The zero-order valence-electron chi connectivity index (χ0n) is 14.0.